The number of nitrogens with two attached hydrogens (primary N) is 1. The second-order valence-corrected chi connectivity index (χ2v) is 7.09. The summed E-state index contributed by atoms with van der Waals surface area (Å²) in [5, 5.41) is 7.45. The number of aliphatic imine (C=N–C) groups is 1. The molecule has 1 aliphatic carbocycles. The Hall–Kier alpha value is -0.180. The Morgan fingerprint density at radius 1 is 1.43 bits per heavy atom. The van der Waals surface area contributed by atoms with Gasteiger partial charge in [-0.15, -0.1) is 24.0 Å². The van der Waals surface area contributed by atoms with Gasteiger partial charge in [0, 0.05) is 17.8 Å². The van der Waals surface area contributed by atoms with Crippen LogP contribution in [0.25, 0.3) is 0 Å². The van der Waals surface area contributed by atoms with E-state index >= 15 is 0 Å². The predicted molar refractivity (Wildman–Crippen MR) is 102 cm³/mol. The molecule has 2 unspecified atom stereocenters. The van der Waals surface area contributed by atoms with Crippen molar-refractivity contribution in [2.45, 2.75) is 51.3 Å². The zero-order valence-corrected chi connectivity index (χ0v) is 16.6. The molecule has 0 bridgehead atoms. The van der Waals surface area contributed by atoms with Crippen LogP contribution in [0.1, 0.15) is 40.0 Å². The zero-order chi connectivity index (χ0) is 15.2. The Morgan fingerprint density at radius 2 is 2.10 bits per heavy atom. The van der Waals surface area contributed by atoms with E-state index in [9.17, 15) is 4.79 Å². The summed E-state index contributed by atoms with van der Waals surface area (Å²) >= 11 is 1.94. The largest absolute Gasteiger partial charge is 0.369 e. The molecule has 7 heteroatoms. The quantitative estimate of drug-likeness (QED) is 0.343. The van der Waals surface area contributed by atoms with Crippen molar-refractivity contribution in [3.8, 4) is 0 Å². The van der Waals surface area contributed by atoms with Crippen LogP contribution in [-0.4, -0.2) is 42.5 Å². The maximum absolute atomic E-state index is 11.3. The standard InChI is InChI=1S/C14H28N4OS.HI/c1-5-16-13(17-9-14(2,3)12(15)19)18-10-6-7-11(8-10)20-4;/h10-11H,5-9H2,1-4H3,(H2,15,19)(H2,16,17,18);1H. The van der Waals surface area contributed by atoms with E-state index in [0.29, 0.717) is 12.6 Å². The number of carbonyl (C=O) groups is 1. The van der Waals surface area contributed by atoms with E-state index in [-0.39, 0.29) is 29.9 Å². The Labute approximate surface area is 149 Å². The topological polar surface area (TPSA) is 79.5 Å². The first kappa shape index (κ1) is 20.8. The molecule has 0 saturated heterocycles. The van der Waals surface area contributed by atoms with Gasteiger partial charge in [-0.3, -0.25) is 9.79 Å². The third-order valence-electron chi connectivity index (χ3n) is 3.70. The Morgan fingerprint density at radius 3 is 2.57 bits per heavy atom. The summed E-state index contributed by atoms with van der Waals surface area (Å²) in [5.41, 5.74) is 4.77. The molecule has 0 aliphatic heterocycles. The summed E-state index contributed by atoms with van der Waals surface area (Å²) in [7, 11) is 0. The van der Waals surface area contributed by atoms with Gasteiger partial charge in [-0.25, -0.2) is 0 Å². The zero-order valence-electron chi connectivity index (χ0n) is 13.4. The number of halogens is 1. The van der Waals surface area contributed by atoms with Gasteiger partial charge < -0.3 is 16.4 Å². The highest BCUT2D eigenvalue weighted by atomic mass is 127. The third-order valence-corrected chi connectivity index (χ3v) is 4.80. The molecule has 4 N–H and O–H groups in total. The summed E-state index contributed by atoms with van der Waals surface area (Å²) in [6.45, 7) is 6.89. The summed E-state index contributed by atoms with van der Waals surface area (Å²) in [6, 6.07) is 0.474. The molecule has 1 aliphatic rings. The fraction of sp³-hybridized carbons (Fsp3) is 0.857. The SMILES string of the molecule is CCNC(=NCC(C)(C)C(N)=O)NC1CCC(SC)C1.I. The van der Waals surface area contributed by atoms with Gasteiger partial charge in [0.05, 0.1) is 12.0 Å². The lowest BCUT2D eigenvalue weighted by atomic mass is 9.93. The van der Waals surface area contributed by atoms with E-state index in [1.165, 1.54) is 19.3 Å². The summed E-state index contributed by atoms with van der Waals surface area (Å²) < 4.78 is 0. The van der Waals surface area contributed by atoms with E-state index in [1.807, 2.05) is 32.5 Å². The minimum atomic E-state index is -0.611. The number of carbonyl (C=O) groups excluding carboxylic acids is 1. The molecule has 1 saturated carbocycles. The molecule has 0 aromatic rings. The van der Waals surface area contributed by atoms with Gasteiger partial charge in [-0.1, -0.05) is 0 Å². The fourth-order valence-electron chi connectivity index (χ4n) is 2.15. The van der Waals surface area contributed by atoms with Crippen molar-refractivity contribution in [3.05, 3.63) is 0 Å². The first-order valence-corrected chi connectivity index (χ1v) is 8.55. The van der Waals surface area contributed by atoms with Gasteiger partial charge in [0.25, 0.3) is 0 Å². The number of rotatable bonds is 6. The van der Waals surface area contributed by atoms with E-state index in [2.05, 4.69) is 21.9 Å². The van der Waals surface area contributed by atoms with Gasteiger partial charge >= 0.3 is 0 Å². The van der Waals surface area contributed by atoms with Gasteiger partial charge in [-0.05, 0) is 46.3 Å². The molecule has 1 amide bonds. The normalized spacial score (nSPS) is 22.6. The van der Waals surface area contributed by atoms with Crippen molar-refractivity contribution in [1.82, 2.24) is 10.6 Å². The average Bonchev–Trinajstić information content (AvgIpc) is 2.84. The maximum atomic E-state index is 11.3. The highest BCUT2D eigenvalue weighted by Crippen LogP contribution is 2.28. The lowest BCUT2D eigenvalue weighted by Gasteiger charge is -2.21. The second-order valence-electron chi connectivity index (χ2n) is 5.96. The number of nitrogens with zero attached hydrogens (tertiary/aromatic N) is 1. The Kier molecular flexibility index (Phi) is 9.68. The Bertz CT molecular complexity index is 363. The van der Waals surface area contributed by atoms with E-state index in [4.69, 9.17) is 5.73 Å². The molecule has 2 atom stereocenters. The third kappa shape index (κ3) is 7.08. The number of nitrogens with one attached hydrogen (secondary N) is 2. The molecule has 124 valence electrons. The highest BCUT2D eigenvalue weighted by Gasteiger charge is 2.26. The van der Waals surface area contributed by atoms with Crippen LogP contribution in [0, 0.1) is 5.41 Å². The van der Waals surface area contributed by atoms with E-state index in [0.717, 1.165) is 17.8 Å². The van der Waals surface area contributed by atoms with Crippen LogP contribution in [0.5, 0.6) is 0 Å². The molecular formula is C14H29IN4OS. The molecule has 1 rings (SSSR count). The molecule has 21 heavy (non-hydrogen) atoms. The number of hydrogen-bond donors (Lipinski definition) is 3. The first-order chi connectivity index (χ1) is 9.39. The predicted octanol–water partition coefficient (Wildman–Crippen LogP) is 1.96. The molecule has 0 aromatic heterocycles. The maximum Gasteiger partial charge on any atom is 0.224 e. The lowest BCUT2D eigenvalue weighted by molar-refractivity contribution is -0.125. The van der Waals surface area contributed by atoms with Gasteiger partial charge in [0.15, 0.2) is 5.96 Å². The highest BCUT2D eigenvalue weighted by molar-refractivity contribution is 14.0. The minimum absolute atomic E-state index is 0. The van der Waals surface area contributed by atoms with Crippen LogP contribution >= 0.6 is 35.7 Å². The van der Waals surface area contributed by atoms with Crippen molar-refractivity contribution in [3.63, 3.8) is 0 Å². The number of thioether (sulfide) groups is 1. The average molecular weight is 428 g/mol. The van der Waals surface area contributed by atoms with Crippen molar-refractivity contribution in [2.75, 3.05) is 19.3 Å². The number of amides is 1. The van der Waals surface area contributed by atoms with Crippen LogP contribution in [0.2, 0.25) is 0 Å². The van der Waals surface area contributed by atoms with Crippen LogP contribution in [-0.2, 0) is 4.79 Å². The fourth-order valence-corrected chi connectivity index (χ4v) is 2.95. The monoisotopic (exact) mass is 428 g/mol. The van der Waals surface area contributed by atoms with Crippen molar-refractivity contribution in [1.29, 1.82) is 0 Å². The molecule has 0 radical (unpaired) electrons. The smallest absolute Gasteiger partial charge is 0.224 e. The first-order valence-electron chi connectivity index (χ1n) is 7.26. The van der Waals surface area contributed by atoms with Crippen LogP contribution < -0.4 is 16.4 Å². The molecule has 0 heterocycles. The number of primary amides is 1. The summed E-state index contributed by atoms with van der Waals surface area (Å²) in [4.78, 5) is 15.8. The molecular weight excluding hydrogens is 399 g/mol. The van der Waals surface area contributed by atoms with Gasteiger partial charge in [0.1, 0.15) is 0 Å². The van der Waals surface area contributed by atoms with E-state index < -0.39 is 5.41 Å². The van der Waals surface area contributed by atoms with Crippen molar-refractivity contribution in [2.24, 2.45) is 16.1 Å². The number of hydrogen-bond acceptors (Lipinski definition) is 3. The summed E-state index contributed by atoms with van der Waals surface area (Å²) in [6.07, 6.45) is 5.77. The lowest BCUT2D eigenvalue weighted by Crippen LogP contribution is -2.44. The van der Waals surface area contributed by atoms with Crippen LogP contribution in [0.15, 0.2) is 4.99 Å². The summed E-state index contributed by atoms with van der Waals surface area (Å²) in [5.74, 6) is 0.467. The van der Waals surface area contributed by atoms with Gasteiger partial charge in [0.2, 0.25) is 5.91 Å². The van der Waals surface area contributed by atoms with Crippen LogP contribution in [0.3, 0.4) is 0 Å². The van der Waals surface area contributed by atoms with Crippen molar-refractivity contribution >= 4 is 47.6 Å². The molecule has 5 nitrogen and oxygen atoms in total. The van der Waals surface area contributed by atoms with Crippen LogP contribution in [0.4, 0.5) is 0 Å². The Balaban J connectivity index is 0.00000400. The van der Waals surface area contributed by atoms with Crippen molar-refractivity contribution < 1.29 is 4.79 Å². The molecule has 0 spiro atoms. The second kappa shape index (κ2) is 9.76. The number of guanidine groups is 1. The molecule has 1 fully saturated rings. The minimum Gasteiger partial charge on any atom is -0.369 e. The molecule has 0 aromatic carbocycles. The van der Waals surface area contributed by atoms with E-state index in [1.54, 1.807) is 0 Å². The van der Waals surface area contributed by atoms with Gasteiger partial charge in [-0.2, -0.15) is 11.8 Å².